The molecule has 5 heteroatoms. The molecule has 1 N–H and O–H groups in total. The first kappa shape index (κ1) is 17.9. The molecular weight excluding hydrogens is 319 g/mol. The Kier molecular flexibility index (Phi) is 5.40. The van der Waals surface area contributed by atoms with E-state index < -0.39 is 0 Å². The van der Waals surface area contributed by atoms with Gasteiger partial charge in [0.15, 0.2) is 0 Å². The molecule has 25 heavy (non-hydrogen) atoms. The number of amides is 2. The Bertz CT molecular complexity index is 642. The van der Waals surface area contributed by atoms with Crippen LogP contribution in [0.4, 0.5) is 4.39 Å². The van der Waals surface area contributed by atoms with E-state index in [2.05, 4.69) is 19.2 Å². The highest BCUT2D eigenvalue weighted by Gasteiger charge is 2.43. The number of carbonyl (C=O) groups is 2. The van der Waals surface area contributed by atoms with Crippen LogP contribution in [0.3, 0.4) is 0 Å². The molecule has 2 fully saturated rings. The lowest BCUT2D eigenvalue weighted by Crippen LogP contribution is -2.36. The van der Waals surface area contributed by atoms with Crippen molar-refractivity contribution in [2.75, 3.05) is 19.6 Å². The average Bonchev–Trinajstić information content (AvgIpc) is 3.31. The monoisotopic (exact) mass is 346 g/mol. The van der Waals surface area contributed by atoms with Crippen LogP contribution in [0.5, 0.6) is 0 Å². The molecule has 1 saturated carbocycles. The number of nitrogens with one attached hydrogen (secondary N) is 1. The van der Waals surface area contributed by atoms with Gasteiger partial charge >= 0.3 is 0 Å². The average molecular weight is 346 g/mol. The molecule has 3 rings (SSSR count). The van der Waals surface area contributed by atoms with Crippen LogP contribution in [0, 0.1) is 23.6 Å². The van der Waals surface area contributed by atoms with Crippen molar-refractivity contribution in [3.63, 3.8) is 0 Å². The van der Waals surface area contributed by atoms with Crippen LogP contribution in [0.25, 0.3) is 0 Å². The van der Waals surface area contributed by atoms with Gasteiger partial charge in [0.25, 0.3) is 0 Å². The third-order valence-corrected chi connectivity index (χ3v) is 5.19. The van der Waals surface area contributed by atoms with Crippen LogP contribution in [0.15, 0.2) is 24.3 Å². The Morgan fingerprint density at radius 2 is 2.04 bits per heavy atom. The highest BCUT2D eigenvalue weighted by Crippen LogP contribution is 2.38. The van der Waals surface area contributed by atoms with E-state index >= 15 is 0 Å². The Morgan fingerprint density at radius 3 is 2.68 bits per heavy atom. The summed E-state index contributed by atoms with van der Waals surface area (Å²) in [5.41, 5.74) is 0.801. The van der Waals surface area contributed by atoms with E-state index in [1.165, 1.54) is 12.1 Å². The van der Waals surface area contributed by atoms with Gasteiger partial charge in [-0.2, -0.15) is 0 Å². The Hall–Kier alpha value is -1.91. The van der Waals surface area contributed by atoms with Gasteiger partial charge in [-0.05, 0) is 42.9 Å². The molecule has 2 unspecified atom stereocenters. The molecule has 0 bridgehead atoms. The van der Waals surface area contributed by atoms with E-state index in [0.29, 0.717) is 25.6 Å². The fraction of sp³-hybridized carbons (Fsp3) is 0.600. The van der Waals surface area contributed by atoms with E-state index in [9.17, 15) is 14.0 Å². The topological polar surface area (TPSA) is 49.4 Å². The van der Waals surface area contributed by atoms with Crippen molar-refractivity contribution in [3.8, 4) is 0 Å². The first-order valence-electron chi connectivity index (χ1n) is 9.27. The fourth-order valence-corrected chi connectivity index (χ4v) is 3.53. The molecule has 4 nitrogen and oxygen atoms in total. The molecule has 1 aromatic carbocycles. The maximum absolute atomic E-state index is 13.7. The maximum atomic E-state index is 13.7. The zero-order valence-corrected chi connectivity index (χ0v) is 15.0. The molecule has 0 spiro atoms. The molecule has 0 aromatic heterocycles. The second-order valence-electron chi connectivity index (χ2n) is 7.76. The molecule has 136 valence electrons. The number of benzene rings is 1. The summed E-state index contributed by atoms with van der Waals surface area (Å²) in [7, 11) is 0. The van der Waals surface area contributed by atoms with E-state index in [-0.39, 0.29) is 35.4 Å². The van der Waals surface area contributed by atoms with Gasteiger partial charge in [0.05, 0.1) is 5.92 Å². The van der Waals surface area contributed by atoms with E-state index in [1.54, 1.807) is 11.0 Å². The predicted molar refractivity (Wildman–Crippen MR) is 94.4 cm³/mol. The number of nitrogens with zero attached hydrogens (tertiary/aromatic N) is 1. The molecule has 1 aromatic rings. The van der Waals surface area contributed by atoms with E-state index in [4.69, 9.17) is 0 Å². The third kappa shape index (κ3) is 4.39. The Labute approximate surface area is 148 Å². The van der Waals surface area contributed by atoms with Crippen molar-refractivity contribution < 1.29 is 14.0 Å². The summed E-state index contributed by atoms with van der Waals surface area (Å²) in [6.07, 6.45) is 2.82. The molecular formula is C20H27FN2O2. The zero-order valence-electron chi connectivity index (χ0n) is 15.0. The number of carbonyl (C=O) groups excluding carboxylic acids is 2. The summed E-state index contributed by atoms with van der Waals surface area (Å²) in [6.45, 7) is 5.81. The van der Waals surface area contributed by atoms with Gasteiger partial charge in [0.2, 0.25) is 11.8 Å². The van der Waals surface area contributed by atoms with Crippen molar-refractivity contribution in [2.24, 2.45) is 17.8 Å². The standard InChI is InChI=1S/C20H27FN2O2/c1-13(2)8-9-22-19(24)18-12-23(20(25)14-6-7-14)11-17(18)15-4-3-5-16(21)10-15/h3-5,10,13-14,17-18H,6-9,11-12H2,1-2H3,(H,22,24). The largest absolute Gasteiger partial charge is 0.356 e. The minimum atomic E-state index is -0.309. The summed E-state index contributed by atoms with van der Waals surface area (Å²) in [5, 5.41) is 3.00. The van der Waals surface area contributed by atoms with Gasteiger partial charge in [-0.15, -0.1) is 0 Å². The van der Waals surface area contributed by atoms with Crippen LogP contribution in [-0.2, 0) is 9.59 Å². The highest BCUT2D eigenvalue weighted by molar-refractivity contribution is 5.85. The third-order valence-electron chi connectivity index (χ3n) is 5.19. The van der Waals surface area contributed by atoms with Crippen LogP contribution < -0.4 is 5.32 Å². The quantitative estimate of drug-likeness (QED) is 0.861. The molecule has 1 heterocycles. The molecule has 0 radical (unpaired) electrons. The summed E-state index contributed by atoms with van der Waals surface area (Å²) in [6, 6.07) is 6.42. The second kappa shape index (κ2) is 7.54. The SMILES string of the molecule is CC(C)CCNC(=O)C1CN(C(=O)C2CC2)CC1c1cccc(F)c1. The maximum Gasteiger partial charge on any atom is 0.225 e. The van der Waals surface area contributed by atoms with Gasteiger partial charge < -0.3 is 10.2 Å². The normalized spacial score (nSPS) is 23.1. The number of likely N-dealkylation sites (tertiary alicyclic amines) is 1. The molecule has 1 aliphatic carbocycles. The lowest BCUT2D eigenvalue weighted by molar-refractivity contribution is -0.132. The first-order chi connectivity index (χ1) is 12.0. The zero-order chi connectivity index (χ0) is 18.0. The number of rotatable bonds is 6. The Morgan fingerprint density at radius 1 is 1.28 bits per heavy atom. The number of hydrogen-bond acceptors (Lipinski definition) is 2. The molecule has 2 aliphatic rings. The number of hydrogen-bond donors (Lipinski definition) is 1. The lowest BCUT2D eigenvalue weighted by Gasteiger charge is -2.18. The van der Waals surface area contributed by atoms with Crippen LogP contribution >= 0.6 is 0 Å². The van der Waals surface area contributed by atoms with Crippen molar-refractivity contribution in [3.05, 3.63) is 35.6 Å². The van der Waals surface area contributed by atoms with E-state index in [0.717, 1.165) is 24.8 Å². The Balaban J connectivity index is 1.73. The van der Waals surface area contributed by atoms with Crippen molar-refractivity contribution in [1.29, 1.82) is 0 Å². The molecule has 2 amide bonds. The van der Waals surface area contributed by atoms with Gasteiger partial charge in [0, 0.05) is 31.5 Å². The summed E-state index contributed by atoms with van der Waals surface area (Å²) < 4.78 is 13.7. The molecule has 1 saturated heterocycles. The van der Waals surface area contributed by atoms with Gasteiger partial charge in [-0.1, -0.05) is 26.0 Å². The smallest absolute Gasteiger partial charge is 0.225 e. The predicted octanol–water partition coefficient (Wildman–Crippen LogP) is 2.94. The van der Waals surface area contributed by atoms with Gasteiger partial charge in [-0.3, -0.25) is 9.59 Å². The van der Waals surface area contributed by atoms with Gasteiger partial charge in [-0.25, -0.2) is 4.39 Å². The minimum Gasteiger partial charge on any atom is -0.356 e. The summed E-state index contributed by atoms with van der Waals surface area (Å²) >= 11 is 0. The first-order valence-corrected chi connectivity index (χ1v) is 9.27. The van der Waals surface area contributed by atoms with Crippen LogP contribution in [0.1, 0.15) is 44.6 Å². The second-order valence-corrected chi connectivity index (χ2v) is 7.76. The van der Waals surface area contributed by atoms with Gasteiger partial charge in [0.1, 0.15) is 5.82 Å². The fourth-order valence-electron chi connectivity index (χ4n) is 3.53. The van der Waals surface area contributed by atoms with Crippen LogP contribution in [-0.4, -0.2) is 36.3 Å². The highest BCUT2D eigenvalue weighted by atomic mass is 19.1. The van der Waals surface area contributed by atoms with Crippen molar-refractivity contribution in [2.45, 2.75) is 39.0 Å². The summed E-state index contributed by atoms with van der Waals surface area (Å²) in [4.78, 5) is 27.0. The van der Waals surface area contributed by atoms with Crippen LogP contribution in [0.2, 0.25) is 0 Å². The summed E-state index contributed by atoms with van der Waals surface area (Å²) in [5.74, 6) is 0.0317. The number of halogens is 1. The van der Waals surface area contributed by atoms with Crippen molar-refractivity contribution in [1.82, 2.24) is 10.2 Å². The lowest BCUT2D eigenvalue weighted by atomic mass is 9.88. The van der Waals surface area contributed by atoms with Crippen molar-refractivity contribution >= 4 is 11.8 Å². The van der Waals surface area contributed by atoms with E-state index in [1.807, 2.05) is 6.07 Å². The minimum absolute atomic E-state index is 0.0268. The molecule has 2 atom stereocenters. The molecule has 1 aliphatic heterocycles.